The number of hydrogen-bond donors (Lipinski definition) is 0. The number of aromatic nitrogens is 2. The highest BCUT2D eigenvalue weighted by molar-refractivity contribution is 8.76. The van der Waals surface area contributed by atoms with Crippen LogP contribution in [-0.2, 0) is 0 Å². The first-order valence-electron chi connectivity index (χ1n) is 6.94. The minimum atomic E-state index is 1.03. The van der Waals surface area contributed by atoms with Gasteiger partial charge in [0.2, 0.25) is 0 Å². The summed E-state index contributed by atoms with van der Waals surface area (Å²) in [6, 6.07) is 20.7. The third-order valence-electron chi connectivity index (χ3n) is 3.47. The molecule has 0 saturated carbocycles. The predicted octanol–water partition coefficient (Wildman–Crippen LogP) is 5.58. The lowest BCUT2D eigenvalue weighted by molar-refractivity contribution is 1.18. The van der Waals surface area contributed by atoms with E-state index in [1.165, 1.54) is 21.5 Å². The van der Waals surface area contributed by atoms with Crippen LogP contribution in [0.15, 0.2) is 83.1 Å². The van der Waals surface area contributed by atoms with Gasteiger partial charge in [0.15, 0.2) is 0 Å². The van der Waals surface area contributed by atoms with Crippen LogP contribution in [0.4, 0.5) is 0 Å². The number of nitrogens with zero attached hydrogens (tertiary/aromatic N) is 2. The molecule has 22 heavy (non-hydrogen) atoms. The monoisotopic (exact) mass is 320 g/mol. The Morgan fingerprint density at radius 3 is 1.50 bits per heavy atom. The summed E-state index contributed by atoms with van der Waals surface area (Å²) >= 11 is 0. The van der Waals surface area contributed by atoms with Crippen LogP contribution in [0.3, 0.4) is 0 Å². The molecule has 2 aromatic carbocycles. The molecule has 2 heterocycles. The second kappa shape index (κ2) is 5.99. The zero-order chi connectivity index (χ0) is 14.8. The quantitative estimate of drug-likeness (QED) is 0.460. The summed E-state index contributed by atoms with van der Waals surface area (Å²) in [6.07, 6.45) is 3.73. The third kappa shape index (κ3) is 2.56. The molecule has 0 radical (unpaired) electrons. The Labute approximate surface area is 136 Å². The van der Waals surface area contributed by atoms with Gasteiger partial charge >= 0.3 is 0 Å². The highest BCUT2D eigenvalue weighted by atomic mass is 33.1. The van der Waals surface area contributed by atoms with E-state index in [2.05, 4.69) is 58.5 Å². The molecule has 106 valence electrons. The summed E-state index contributed by atoms with van der Waals surface area (Å²) < 4.78 is 0. The maximum absolute atomic E-state index is 4.52. The Kier molecular flexibility index (Phi) is 3.70. The van der Waals surface area contributed by atoms with Gasteiger partial charge in [0.05, 0.1) is 0 Å². The average Bonchev–Trinajstić information content (AvgIpc) is 2.60. The summed E-state index contributed by atoms with van der Waals surface area (Å²) in [5.74, 6) is 0. The van der Waals surface area contributed by atoms with Crippen molar-refractivity contribution in [2.24, 2.45) is 0 Å². The van der Waals surface area contributed by atoms with E-state index < -0.39 is 0 Å². The van der Waals surface area contributed by atoms with E-state index in [0.29, 0.717) is 0 Å². The van der Waals surface area contributed by atoms with Crippen LogP contribution in [0.5, 0.6) is 0 Å². The second-order valence-electron chi connectivity index (χ2n) is 4.84. The molecular weight excluding hydrogens is 308 g/mol. The first-order valence-corrected chi connectivity index (χ1v) is 9.09. The topological polar surface area (TPSA) is 25.8 Å². The predicted molar refractivity (Wildman–Crippen MR) is 95.2 cm³/mol. The third-order valence-corrected chi connectivity index (χ3v) is 5.72. The van der Waals surface area contributed by atoms with E-state index >= 15 is 0 Å². The zero-order valence-corrected chi connectivity index (χ0v) is 13.3. The highest BCUT2D eigenvalue weighted by Crippen LogP contribution is 2.40. The molecule has 0 aliphatic heterocycles. The van der Waals surface area contributed by atoms with E-state index in [-0.39, 0.29) is 0 Å². The van der Waals surface area contributed by atoms with Gasteiger partial charge in [-0.3, -0.25) is 0 Å². The molecule has 2 aromatic heterocycles. The average molecular weight is 320 g/mol. The van der Waals surface area contributed by atoms with Crippen molar-refractivity contribution in [2.75, 3.05) is 0 Å². The van der Waals surface area contributed by atoms with E-state index in [1.54, 1.807) is 21.6 Å². The molecule has 0 unspecified atom stereocenters. The van der Waals surface area contributed by atoms with Crippen LogP contribution in [0.1, 0.15) is 0 Å². The second-order valence-corrected chi connectivity index (χ2v) is 6.95. The van der Waals surface area contributed by atoms with Crippen LogP contribution in [0.2, 0.25) is 0 Å². The minimum Gasteiger partial charge on any atom is -0.248 e. The maximum Gasteiger partial charge on any atom is 0.115 e. The lowest BCUT2D eigenvalue weighted by Crippen LogP contribution is -1.83. The highest BCUT2D eigenvalue weighted by Gasteiger charge is 2.07. The molecule has 2 nitrogen and oxygen atoms in total. The lowest BCUT2D eigenvalue weighted by atomic mass is 10.2. The lowest BCUT2D eigenvalue weighted by Gasteiger charge is -2.06. The van der Waals surface area contributed by atoms with Crippen molar-refractivity contribution in [3.63, 3.8) is 0 Å². The molecule has 4 aromatic rings. The van der Waals surface area contributed by atoms with Gasteiger partial charge in [-0.15, -0.1) is 0 Å². The number of pyridine rings is 2. The summed E-state index contributed by atoms with van der Waals surface area (Å²) in [5, 5.41) is 6.85. The fourth-order valence-electron chi connectivity index (χ4n) is 2.40. The summed E-state index contributed by atoms with van der Waals surface area (Å²) in [4.78, 5) is 9.03. The van der Waals surface area contributed by atoms with Gasteiger partial charge in [0.25, 0.3) is 0 Å². The van der Waals surface area contributed by atoms with Crippen LogP contribution in [0, 0.1) is 0 Å². The maximum atomic E-state index is 4.52. The Morgan fingerprint density at radius 2 is 1.00 bits per heavy atom. The molecule has 0 bridgehead atoms. The molecule has 0 aliphatic carbocycles. The number of benzene rings is 2. The van der Waals surface area contributed by atoms with Gasteiger partial charge in [-0.05, 0) is 44.5 Å². The zero-order valence-electron chi connectivity index (χ0n) is 11.6. The molecule has 0 saturated heterocycles. The van der Waals surface area contributed by atoms with E-state index in [4.69, 9.17) is 0 Å². The Morgan fingerprint density at radius 1 is 0.545 bits per heavy atom. The van der Waals surface area contributed by atoms with Gasteiger partial charge in [-0.25, -0.2) is 9.97 Å². The van der Waals surface area contributed by atoms with Crippen LogP contribution in [-0.4, -0.2) is 9.97 Å². The van der Waals surface area contributed by atoms with E-state index in [0.717, 1.165) is 10.1 Å². The van der Waals surface area contributed by atoms with Gasteiger partial charge in [0, 0.05) is 23.2 Å². The van der Waals surface area contributed by atoms with E-state index in [1.807, 2.05) is 24.5 Å². The molecule has 0 N–H and O–H groups in total. The van der Waals surface area contributed by atoms with E-state index in [9.17, 15) is 0 Å². The Balaban J connectivity index is 1.69. The van der Waals surface area contributed by atoms with Crippen molar-refractivity contribution in [2.45, 2.75) is 10.1 Å². The Bertz CT molecular complexity index is 864. The van der Waals surface area contributed by atoms with Crippen molar-refractivity contribution in [3.05, 3.63) is 73.1 Å². The standard InChI is InChI=1S/C18H12N2S2/c1-3-7-15-13(5-1)9-11-19-17(15)21-22-18-16-8-4-2-6-14(16)10-12-20-18/h1-12H. The van der Waals surface area contributed by atoms with Crippen LogP contribution < -0.4 is 0 Å². The molecule has 0 atom stereocenters. The summed E-state index contributed by atoms with van der Waals surface area (Å²) in [6.45, 7) is 0. The van der Waals surface area contributed by atoms with Gasteiger partial charge in [0.1, 0.15) is 10.1 Å². The van der Waals surface area contributed by atoms with Crippen molar-refractivity contribution in [1.29, 1.82) is 0 Å². The van der Waals surface area contributed by atoms with Gasteiger partial charge in [-0.2, -0.15) is 0 Å². The van der Waals surface area contributed by atoms with Gasteiger partial charge < -0.3 is 0 Å². The van der Waals surface area contributed by atoms with Crippen molar-refractivity contribution in [1.82, 2.24) is 9.97 Å². The fourth-order valence-corrected chi connectivity index (χ4v) is 4.58. The van der Waals surface area contributed by atoms with Crippen molar-refractivity contribution >= 4 is 43.1 Å². The largest absolute Gasteiger partial charge is 0.248 e. The van der Waals surface area contributed by atoms with Crippen molar-refractivity contribution in [3.8, 4) is 0 Å². The molecule has 4 heteroatoms. The minimum absolute atomic E-state index is 1.03. The normalized spacial score (nSPS) is 11.1. The molecule has 0 aliphatic rings. The molecule has 0 fully saturated rings. The number of fused-ring (bicyclic) bond motifs is 2. The van der Waals surface area contributed by atoms with Crippen LogP contribution >= 0.6 is 21.6 Å². The Hall–Kier alpha value is -2.04. The first-order chi connectivity index (χ1) is 10.9. The molecule has 0 amide bonds. The molecule has 4 rings (SSSR count). The fraction of sp³-hybridized carbons (Fsp3) is 0. The summed E-state index contributed by atoms with van der Waals surface area (Å²) in [5.41, 5.74) is 0. The van der Waals surface area contributed by atoms with Crippen molar-refractivity contribution < 1.29 is 0 Å². The molecule has 0 spiro atoms. The number of hydrogen-bond acceptors (Lipinski definition) is 4. The SMILES string of the molecule is c1ccc2c(SSc3nccc4ccccc34)nccc2c1. The smallest absolute Gasteiger partial charge is 0.115 e. The molecular formula is C18H12N2S2. The summed E-state index contributed by atoms with van der Waals surface area (Å²) in [7, 11) is 3.32. The van der Waals surface area contributed by atoms with Crippen LogP contribution in [0.25, 0.3) is 21.5 Å². The van der Waals surface area contributed by atoms with Gasteiger partial charge in [-0.1, -0.05) is 48.5 Å². The first kappa shape index (κ1) is 13.6. The number of rotatable bonds is 3.